The number of nitriles is 1. The topological polar surface area (TPSA) is 60.2 Å². The van der Waals surface area contributed by atoms with Gasteiger partial charge in [-0.1, -0.05) is 24.3 Å². The minimum Gasteiger partial charge on any atom is -0.291 e. The maximum absolute atomic E-state index is 13.6. The van der Waals surface area contributed by atoms with Crippen LogP contribution in [0.4, 0.5) is 25.0 Å². The summed E-state index contributed by atoms with van der Waals surface area (Å²) in [6.07, 6.45) is 3.20. The van der Waals surface area contributed by atoms with Crippen LogP contribution in [0.5, 0.6) is 0 Å². The molecule has 5 nitrogen and oxygen atoms in total. The number of benzene rings is 2. The number of nitrogens with zero attached hydrogens (tertiary/aromatic N) is 4. The highest BCUT2D eigenvalue weighted by Gasteiger charge is 2.40. The largest absolute Gasteiger partial charge is 0.330 e. The zero-order valence-corrected chi connectivity index (χ0v) is 13.4. The number of fused-ring (bicyclic) bond motifs is 1. The minimum atomic E-state index is -1.05. The average Bonchev–Trinajstić information content (AvgIpc) is 3.00. The van der Waals surface area contributed by atoms with Gasteiger partial charge in [0, 0.05) is 28.7 Å². The fourth-order valence-corrected chi connectivity index (χ4v) is 3.13. The third-order valence-corrected chi connectivity index (χ3v) is 4.37. The van der Waals surface area contributed by atoms with Gasteiger partial charge < -0.3 is 0 Å². The second-order valence-corrected chi connectivity index (χ2v) is 5.89. The van der Waals surface area contributed by atoms with Crippen LogP contribution >= 0.6 is 0 Å². The molecular formula is C19H12F2N4O. The first-order chi connectivity index (χ1) is 12.6. The van der Waals surface area contributed by atoms with Crippen molar-refractivity contribution >= 4 is 28.2 Å². The van der Waals surface area contributed by atoms with Crippen molar-refractivity contribution in [3.63, 3.8) is 0 Å². The van der Waals surface area contributed by atoms with Crippen molar-refractivity contribution in [1.29, 1.82) is 5.26 Å². The first-order valence-corrected chi connectivity index (χ1v) is 7.88. The molecule has 7 heteroatoms. The lowest BCUT2D eigenvalue weighted by Crippen LogP contribution is -2.34. The maximum Gasteiger partial charge on any atom is 0.330 e. The van der Waals surface area contributed by atoms with E-state index in [9.17, 15) is 18.8 Å². The van der Waals surface area contributed by atoms with Crippen LogP contribution in [-0.4, -0.2) is 23.6 Å². The van der Waals surface area contributed by atoms with Gasteiger partial charge in [-0.2, -0.15) is 5.26 Å². The van der Waals surface area contributed by atoms with E-state index in [2.05, 4.69) is 11.1 Å². The number of hydrogen-bond acceptors (Lipinski definition) is 3. The van der Waals surface area contributed by atoms with Crippen molar-refractivity contribution in [3.8, 4) is 6.07 Å². The van der Waals surface area contributed by atoms with Gasteiger partial charge in [0.1, 0.15) is 6.04 Å². The summed E-state index contributed by atoms with van der Waals surface area (Å²) in [4.78, 5) is 19.7. The molecule has 2 aromatic carbocycles. The summed E-state index contributed by atoms with van der Waals surface area (Å²) in [6, 6.07) is 11.5. The zero-order valence-electron chi connectivity index (χ0n) is 13.4. The quantitative estimate of drug-likeness (QED) is 0.705. The van der Waals surface area contributed by atoms with Gasteiger partial charge >= 0.3 is 6.03 Å². The summed E-state index contributed by atoms with van der Waals surface area (Å²) in [5, 5.41) is 11.1. The highest BCUT2D eigenvalue weighted by Crippen LogP contribution is 2.33. The van der Waals surface area contributed by atoms with Crippen LogP contribution in [0.2, 0.25) is 0 Å². The van der Waals surface area contributed by atoms with Gasteiger partial charge in [-0.05, 0) is 12.1 Å². The van der Waals surface area contributed by atoms with Gasteiger partial charge in [-0.3, -0.25) is 14.8 Å². The van der Waals surface area contributed by atoms with Crippen LogP contribution in [0.25, 0.3) is 10.8 Å². The molecule has 0 unspecified atom stereocenters. The molecule has 1 fully saturated rings. The molecular weight excluding hydrogens is 338 g/mol. The van der Waals surface area contributed by atoms with E-state index >= 15 is 0 Å². The molecule has 128 valence electrons. The number of pyridine rings is 1. The summed E-state index contributed by atoms with van der Waals surface area (Å²) >= 11 is 0. The molecule has 0 N–H and O–H groups in total. The van der Waals surface area contributed by atoms with Gasteiger partial charge in [-0.15, -0.1) is 0 Å². The molecule has 1 saturated heterocycles. The van der Waals surface area contributed by atoms with E-state index in [1.165, 1.54) is 22.1 Å². The van der Waals surface area contributed by atoms with Crippen molar-refractivity contribution in [3.05, 3.63) is 66.5 Å². The number of aromatic nitrogens is 1. The standard InChI is InChI=1S/C19H12F2N4O/c20-16-6-5-13(7-17(16)21)24-11-14(8-22)25(19(24)26)18-10-23-9-12-3-1-2-4-15(12)18/h1-7,9-10,14H,11H2/t14-/m1/s1. The highest BCUT2D eigenvalue weighted by molar-refractivity contribution is 6.11. The maximum atomic E-state index is 13.6. The van der Waals surface area contributed by atoms with Gasteiger partial charge in [0.25, 0.3) is 0 Å². The molecule has 2 heterocycles. The predicted octanol–water partition coefficient (Wildman–Crippen LogP) is 3.85. The van der Waals surface area contributed by atoms with Crippen LogP contribution < -0.4 is 9.80 Å². The van der Waals surface area contributed by atoms with Crippen molar-refractivity contribution in [1.82, 2.24) is 4.98 Å². The van der Waals surface area contributed by atoms with Gasteiger partial charge in [0.2, 0.25) is 0 Å². The van der Waals surface area contributed by atoms with Gasteiger partial charge in [-0.25, -0.2) is 13.6 Å². The van der Waals surface area contributed by atoms with Crippen molar-refractivity contribution in [2.75, 3.05) is 16.3 Å². The lowest BCUT2D eigenvalue weighted by atomic mass is 10.1. The first-order valence-electron chi connectivity index (χ1n) is 7.88. The normalized spacial score (nSPS) is 17.0. The molecule has 0 spiro atoms. The van der Waals surface area contributed by atoms with Crippen LogP contribution in [0, 0.1) is 23.0 Å². The van der Waals surface area contributed by atoms with Gasteiger partial charge in [0.05, 0.1) is 24.5 Å². The number of carbonyl (C=O) groups is 1. The third kappa shape index (κ3) is 2.43. The average molecular weight is 350 g/mol. The Morgan fingerprint density at radius 1 is 1.12 bits per heavy atom. The molecule has 1 atom stereocenters. The Morgan fingerprint density at radius 2 is 1.92 bits per heavy atom. The monoisotopic (exact) mass is 350 g/mol. The SMILES string of the molecule is N#C[C@@H]1CN(c2ccc(F)c(F)c2)C(=O)N1c1cncc2ccccc12. The molecule has 0 aliphatic carbocycles. The number of amides is 2. The van der Waals surface area contributed by atoms with Crippen molar-refractivity contribution in [2.45, 2.75) is 6.04 Å². The lowest BCUT2D eigenvalue weighted by molar-refractivity contribution is 0.255. The van der Waals surface area contributed by atoms with Gasteiger partial charge in [0.15, 0.2) is 11.6 Å². The summed E-state index contributed by atoms with van der Waals surface area (Å²) in [6.45, 7) is 0.0453. The van der Waals surface area contributed by atoms with E-state index in [0.717, 1.165) is 22.9 Å². The molecule has 1 aliphatic heterocycles. The lowest BCUT2D eigenvalue weighted by Gasteiger charge is -2.21. The molecule has 3 aromatic rings. The number of hydrogen-bond donors (Lipinski definition) is 0. The number of rotatable bonds is 2. The molecule has 4 rings (SSSR count). The highest BCUT2D eigenvalue weighted by atomic mass is 19.2. The molecule has 0 radical (unpaired) electrons. The number of halogens is 2. The summed E-state index contributed by atoms with van der Waals surface area (Å²) < 4.78 is 26.8. The molecule has 1 aliphatic rings. The minimum absolute atomic E-state index is 0.0453. The molecule has 0 bridgehead atoms. The fourth-order valence-electron chi connectivity index (χ4n) is 3.13. The second-order valence-electron chi connectivity index (χ2n) is 5.89. The fraction of sp³-hybridized carbons (Fsp3) is 0.105. The number of urea groups is 1. The number of carbonyl (C=O) groups excluding carboxylic acids is 1. The Bertz CT molecular complexity index is 1060. The van der Waals surface area contributed by atoms with Crippen LogP contribution in [-0.2, 0) is 0 Å². The van der Waals surface area contributed by atoms with Crippen molar-refractivity contribution in [2.24, 2.45) is 0 Å². The van der Waals surface area contributed by atoms with E-state index in [4.69, 9.17) is 0 Å². The third-order valence-electron chi connectivity index (χ3n) is 4.37. The predicted molar refractivity (Wildman–Crippen MR) is 92.7 cm³/mol. The number of anilines is 2. The van der Waals surface area contributed by atoms with Crippen molar-refractivity contribution < 1.29 is 13.6 Å². The molecule has 1 aromatic heterocycles. The zero-order chi connectivity index (χ0) is 18.3. The first kappa shape index (κ1) is 16.0. The Labute approximate surface area is 147 Å². The summed E-state index contributed by atoms with van der Waals surface area (Å²) in [7, 11) is 0. The second kappa shape index (κ2) is 6.08. The Balaban J connectivity index is 1.80. The van der Waals surface area contributed by atoms with E-state index < -0.39 is 23.7 Å². The molecule has 2 amide bonds. The molecule has 26 heavy (non-hydrogen) atoms. The van der Waals surface area contributed by atoms with E-state index in [-0.39, 0.29) is 12.2 Å². The molecule has 0 saturated carbocycles. The smallest absolute Gasteiger partial charge is 0.291 e. The summed E-state index contributed by atoms with van der Waals surface area (Å²) in [5.74, 6) is -2.04. The van der Waals surface area contributed by atoms with Crippen LogP contribution in [0.1, 0.15) is 0 Å². The summed E-state index contributed by atoms with van der Waals surface area (Å²) in [5.41, 5.74) is 0.703. The van der Waals surface area contributed by atoms with Crippen LogP contribution in [0.3, 0.4) is 0 Å². The Hall–Kier alpha value is -3.53. The Morgan fingerprint density at radius 3 is 2.69 bits per heavy atom. The van der Waals surface area contributed by atoms with Crippen LogP contribution in [0.15, 0.2) is 54.9 Å². The Kier molecular flexibility index (Phi) is 3.73. The van der Waals surface area contributed by atoms with E-state index in [1.54, 1.807) is 6.20 Å². The van der Waals surface area contributed by atoms with E-state index in [0.29, 0.717) is 5.69 Å². The van der Waals surface area contributed by atoms with E-state index in [1.807, 2.05) is 24.3 Å².